The molecule has 9 rings (SSSR count). The number of hydrogen-bond donors (Lipinski definition) is 2. The fraction of sp³-hybridized carbons (Fsp3) is 0.431. The minimum atomic E-state index is -1.02. The number of benzene rings is 4. The zero-order chi connectivity index (χ0) is 60.1. The highest BCUT2D eigenvalue weighted by Gasteiger charge is 2.60. The maximum Gasteiger partial charge on any atom is 0.326 e. The first-order valence-corrected chi connectivity index (χ1v) is 29.9. The molecule has 2 bridgehead atoms. The fourth-order valence-electron chi connectivity index (χ4n) is 11.7. The van der Waals surface area contributed by atoms with Crippen molar-refractivity contribution in [1.29, 1.82) is 5.26 Å². The van der Waals surface area contributed by atoms with E-state index in [9.17, 15) is 19.2 Å². The molecule has 0 aliphatic carbocycles. The number of halogens is 3. The third-order valence-electron chi connectivity index (χ3n) is 16.8. The van der Waals surface area contributed by atoms with Gasteiger partial charge in [-0.3, -0.25) is 29.1 Å². The molecule has 3 aliphatic rings. The van der Waals surface area contributed by atoms with Crippen LogP contribution in [-0.2, 0) is 34.4 Å². The van der Waals surface area contributed by atoms with E-state index in [4.69, 9.17) is 48.5 Å². The number of amidine groups is 1. The summed E-state index contributed by atoms with van der Waals surface area (Å²) < 4.78 is 28.6. The van der Waals surface area contributed by atoms with E-state index in [0.29, 0.717) is 70.1 Å². The van der Waals surface area contributed by atoms with E-state index < -0.39 is 23.0 Å². The third kappa shape index (κ3) is 12.8. The molecule has 4 amide bonds. The van der Waals surface area contributed by atoms with Crippen LogP contribution in [0.25, 0.3) is 11.1 Å². The van der Waals surface area contributed by atoms with Crippen molar-refractivity contribution in [2.75, 3.05) is 58.7 Å². The second-order valence-corrected chi connectivity index (χ2v) is 24.3. The van der Waals surface area contributed by atoms with Crippen LogP contribution in [0.15, 0.2) is 102 Å². The molecule has 1 fully saturated rings. The molecule has 5 heterocycles. The molecule has 442 valence electrons. The smallest absolute Gasteiger partial charge is 0.326 e. The number of aromatic nitrogens is 3. The Bertz CT molecular complexity index is 3460. The molecule has 3 N–H and O–H groups in total. The number of carbonyl (C=O) groups is 3. The van der Waals surface area contributed by atoms with Crippen molar-refractivity contribution < 1.29 is 28.2 Å². The number of aliphatic imine (C=N–C) groups is 1. The summed E-state index contributed by atoms with van der Waals surface area (Å²) >= 11 is 13.0. The molecule has 0 saturated carbocycles. The number of hydrogen-bond acceptors (Lipinski definition) is 11. The average Bonchev–Trinajstić information content (AvgIpc) is 2.76. The van der Waals surface area contributed by atoms with Crippen molar-refractivity contribution in [2.24, 2.45) is 4.99 Å². The first-order chi connectivity index (χ1) is 40.1. The van der Waals surface area contributed by atoms with Gasteiger partial charge in [0.05, 0.1) is 31.0 Å². The largest absolute Gasteiger partial charge is 0.493 e. The summed E-state index contributed by atoms with van der Waals surface area (Å²) in [5, 5.41) is 19.4. The van der Waals surface area contributed by atoms with Crippen LogP contribution in [0.5, 0.6) is 11.5 Å². The zero-order valence-electron chi connectivity index (χ0n) is 49.4. The molecule has 2 aromatic heterocycles. The summed E-state index contributed by atoms with van der Waals surface area (Å²) in [6, 6.07) is 29.5. The van der Waals surface area contributed by atoms with Crippen LogP contribution >= 0.6 is 23.2 Å². The number of nitrogen functional groups attached to an aromatic ring is 1. The standard InChI is InChI=1S/C65H76Cl2FN11O5/c1-9-83-55-37-46(63(3,4)5)21-27-51(55)60-73-64(6,44-17-22-47(66)23-18-44)65(7,45-19-24-48(67)25-20-45)79(60)62(82)77-34-32-76(33-35-77)30-15-13-11-10-12-14-16-57(80)71-29-31-78-54(39-69)58-43-36-56(59(70)72-40-43)84-42(2)52-38-49(68)26-28-50(52)61(81)75(8)41-53(58)74-78/h17-28,36-38,40,42H,9-16,29-35,41H2,1-8H3,(H2,70,72)(H,71,80)/t42-,64-,65+/m1/s1. The SMILES string of the molecule is CCOc1cc(C(C)(C)C)ccc1C1=N[C@](C)(c2ccc(Cl)cc2)[C@](C)(c2ccc(Cl)cc2)N1C(=O)N1CCN(CCCCCCCCC(=O)NCCn2nc3c(c2C#N)-c2cnc(N)c(c2)O[C@H](C)c2cc(F)ccc2C(=O)N(C)C3)CC1. The number of unbranched alkanes of at least 4 members (excludes halogenated alkanes) is 5. The Labute approximate surface area is 502 Å². The Hall–Kier alpha value is -7.52. The lowest BCUT2D eigenvalue weighted by atomic mass is 9.71. The van der Waals surface area contributed by atoms with Gasteiger partial charge in [-0.1, -0.05) is 100.0 Å². The number of nitrogens with zero attached hydrogens (tertiary/aromatic N) is 9. The molecule has 0 unspecified atom stereocenters. The van der Waals surface area contributed by atoms with Crippen LogP contribution in [0.4, 0.5) is 15.0 Å². The average molecular weight is 1180 g/mol. The third-order valence-corrected chi connectivity index (χ3v) is 17.3. The molecule has 84 heavy (non-hydrogen) atoms. The van der Waals surface area contributed by atoms with Crippen LogP contribution in [0.3, 0.4) is 0 Å². The number of ether oxygens (including phenoxy) is 2. The van der Waals surface area contributed by atoms with Gasteiger partial charge in [0, 0.05) is 84.7 Å². The number of fused-ring (bicyclic) bond motifs is 5. The molecular weight excluding hydrogens is 1100 g/mol. The van der Waals surface area contributed by atoms with Crippen molar-refractivity contribution >= 4 is 52.7 Å². The predicted octanol–water partition coefficient (Wildman–Crippen LogP) is 12.4. The van der Waals surface area contributed by atoms with E-state index in [1.54, 1.807) is 20.0 Å². The molecule has 0 radical (unpaired) electrons. The van der Waals surface area contributed by atoms with E-state index >= 15 is 4.79 Å². The number of carbonyl (C=O) groups excluding carboxylic acids is 3. The van der Waals surface area contributed by atoms with E-state index in [2.05, 4.69) is 74.1 Å². The van der Waals surface area contributed by atoms with Crippen molar-refractivity contribution in [3.63, 3.8) is 0 Å². The lowest BCUT2D eigenvalue weighted by molar-refractivity contribution is -0.121. The summed E-state index contributed by atoms with van der Waals surface area (Å²) in [7, 11) is 1.62. The molecule has 3 aliphatic heterocycles. The van der Waals surface area contributed by atoms with Crippen molar-refractivity contribution in [1.82, 2.24) is 39.7 Å². The molecular formula is C65H76Cl2FN11O5. The summed E-state index contributed by atoms with van der Waals surface area (Å²) in [5.41, 5.74) is 10.0. The number of nitriles is 1. The van der Waals surface area contributed by atoms with Gasteiger partial charge in [0.2, 0.25) is 5.91 Å². The highest BCUT2D eigenvalue weighted by molar-refractivity contribution is 6.30. The van der Waals surface area contributed by atoms with Gasteiger partial charge < -0.3 is 30.3 Å². The van der Waals surface area contributed by atoms with Gasteiger partial charge >= 0.3 is 6.03 Å². The lowest BCUT2D eigenvalue weighted by Gasteiger charge is -2.47. The summed E-state index contributed by atoms with van der Waals surface area (Å²) in [4.78, 5) is 60.1. The summed E-state index contributed by atoms with van der Waals surface area (Å²) in [6.45, 7) is 18.8. The van der Waals surface area contributed by atoms with Crippen LogP contribution in [-0.4, -0.2) is 111 Å². The fourth-order valence-corrected chi connectivity index (χ4v) is 12.0. The number of piperazine rings is 1. The molecule has 3 atom stereocenters. The van der Waals surface area contributed by atoms with Gasteiger partial charge in [-0.05, 0) is 130 Å². The van der Waals surface area contributed by atoms with Crippen LogP contribution in [0.1, 0.15) is 149 Å². The lowest BCUT2D eigenvalue weighted by Crippen LogP contribution is -2.60. The first kappa shape index (κ1) is 61.1. The number of nitrogens with two attached hydrogens (primary N) is 1. The normalized spacial score (nSPS) is 19.1. The Balaban J connectivity index is 0.772. The van der Waals surface area contributed by atoms with Gasteiger partial charge in [-0.25, -0.2) is 14.2 Å². The molecule has 16 nitrogen and oxygen atoms in total. The number of rotatable bonds is 17. The molecule has 1 saturated heterocycles. The topological polar surface area (TPSA) is 188 Å². The number of amides is 4. The maximum atomic E-state index is 15.6. The number of nitrogens with one attached hydrogen (secondary N) is 1. The van der Waals surface area contributed by atoms with Crippen molar-refractivity contribution in [2.45, 2.75) is 129 Å². The molecule has 19 heteroatoms. The van der Waals surface area contributed by atoms with E-state index in [1.807, 2.05) is 65.3 Å². The minimum Gasteiger partial charge on any atom is -0.493 e. The first-order valence-electron chi connectivity index (χ1n) is 29.1. The van der Waals surface area contributed by atoms with E-state index in [-0.39, 0.29) is 65.7 Å². The summed E-state index contributed by atoms with van der Waals surface area (Å²) in [5.74, 6) is 0.553. The van der Waals surface area contributed by atoms with Gasteiger partial charge in [0.15, 0.2) is 11.6 Å². The second-order valence-electron chi connectivity index (χ2n) is 23.4. The maximum absolute atomic E-state index is 15.6. The minimum absolute atomic E-state index is 0.0364. The van der Waals surface area contributed by atoms with Gasteiger partial charge in [-0.2, -0.15) is 10.4 Å². The molecule has 4 aromatic carbocycles. The number of urea groups is 1. The van der Waals surface area contributed by atoms with Gasteiger partial charge in [0.25, 0.3) is 5.91 Å². The Kier molecular flexibility index (Phi) is 18.7. The Morgan fingerprint density at radius 1 is 0.881 bits per heavy atom. The van der Waals surface area contributed by atoms with E-state index in [0.717, 1.165) is 80.4 Å². The Morgan fingerprint density at radius 2 is 1.54 bits per heavy atom. The quantitative estimate of drug-likeness (QED) is 0.0832. The van der Waals surface area contributed by atoms with Crippen molar-refractivity contribution in [3.05, 3.63) is 158 Å². The van der Waals surface area contributed by atoms with Gasteiger partial charge in [-0.15, -0.1) is 0 Å². The Morgan fingerprint density at radius 3 is 2.20 bits per heavy atom. The van der Waals surface area contributed by atoms with Crippen molar-refractivity contribution in [3.8, 4) is 28.7 Å². The molecule has 0 spiro atoms. The van der Waals surface area contributed by atoms with E-state index in [1.165, 1.54) is 34.0 Å². The van der Waals surface area contributed by atoms with Gasteiger partial charge in [0.1, 0.15) is 46.3 Å². The molecule has 6 aromatic rings. The number of anilines is 1. The summed E-state index contributed by atoms with van der Waals surface area (Å²) in [6.07, 6.45) is 6.97. The predicted molar refractivity (Wildman–Crippen MR) is 327 cm³/mol. The second kappa shape index (κ2) is 25.8. The van der Waals surface area contributed by atoms with Crippen LogP contribution < -0.4 is 20.5 Å². The van der Waals surface area contributed by atoms with Crippen LogP contribution in [0, 0.1) is 17.1 Å². The number of pyridine rings is 1. The highest BCUT2D eigenvalue weighted by atomic mass is 35.5. The zero-order valence-corrected chi connectivity index (χ0v) is 50.9. The van der Waals surface area contributed by atoms with Crippen LogP contribution in [0.2, 0.25) is 10.0 Å². The monoisotopic (exact) mass is 1180 g/mol. The highest BCUT2D eigenvalue weighted by Crippen LogP contribution is 2.54.